The summed E-state index contributed by atoms with van der Waals surface area (Å²) in [5.74, 6) is 0.263. The first-order valence-electron chi connectivity index (χ1n) is 8.23. The van der Waals surface area contributed by atoms with Crippen molar-refractivity contribution in [2.75, 3.05) is 11.9 Å². The molecule has 1 aliphatic rings. The van der Waals surface area contributed by atoms with Gasteiger partial charge in [-0.15, -0.1) is 0 Å². The van der Waals surface area contributed by atoms with E-state index in [0.717, 1.165) is 17.3 Å². The number of anilines is 1. The molecule has 0 radical (unpaired) electrons. The van der Waals surface area contributed by atoms with Crippen LogP contribution in [0.25, 0.3) is 10.9 Å². The van der Waals surface area contributed by atoms with Crippen LogP contribution in [0.5, 0.6) is 0 Å². The molecule has 6 heteroatoms. The fourth-order valence-corrected chi connectivity index (χ4v) is 3.17. The van der Waals surface area contributed by atoms with Gasteiger partial charge in [0, 0.05) is 11.9 Å². The first kappa shape index (κ1) is 15.4. The van der Waals surface area contributed by atoms with Crippen LogP contribution in [0.1, 0.15) is 23.4 Å². The number of nitrogens with zero attached hydrogens (tertiary/aromatic N) is 2. The normalized spacial score (nSPS) is 17.0. The van der Waals surface area contributed by atoms with E-state index in [-0.39, 0.29) is 17.6 Å². The van der Waals surface area contributed by atoms with Gasteiger partial charge in [0.1, 0.15) is 11.9 Å². The molecule has 1 N–H and O–H groups in total. The number of benzene rings is 1. The minimum Gasteiger partial charge on any atom is -0.459 e. The Kier molecular flexibility index (Phi) is 3.93. The number of carbonyl (C=O) groups excluding carboxylic acids is 2. The fraction of sp³-hybridized carbons (Fsp3) is 0.211. The monoisotopic (exact) mass is 335 g/mol. The number of pyridine rings is 1. The Bertz CT molecular complexity index is 921. The van der Waals surface area contributed by atoms with Crippen LogP contribution >= 0.6 is 0 Å². The number of nitrogens with one attached hydrogen (secondary N) is 1. The van der Waals surface area contributed by atoms with E-state index in [2.05, 4.69) is 10.3 Å². The highest BCUT2D eigenvalue weighted by Crippen LogP contribution is 2.22. The number of hydrogen-bond acceptors (Lipinski definition) is 4. The standard InChI is InChI=1S/C19H17N3O3/c23-18(21-17-10-9-13-5-1-2-6-14(13)20-17)15-7-3-11-22(15)19(24)16-8-4-12-25-16/h1-2,4-6,8-10,12,15H,3,7,11H2,(H,20,21,23)/t15-/m0/s1. The first-order chi connectivity index (χ1) is 12.2. The molecular weight excluding hydrogens is 318 g/mol. The van der Waals surface area contributed by atoms with Crippen molar-refractivity contribution in [1.29, 1.82) is 0 Å². The summed E-state index contributed by atoms with van der Waals surface area (Å²) in [6, 6.07) is 14.2. The van der Waals surface area contributed by atoms with E-state index in [1.165, 1.54) is 6.26 Å². The van der Waals surface area contributed by atoms with Crippen molar-refractivity contribution in [2.45, 2.75) is 18.9 Å². The number of aromatic nitrogens is 1. The van der Waals surface area contributed by atoms with Crippen LogP contribution in [0.2, 0.25) is 0 Å². The maximum absolute atomic E-state index is 12.7. The average molecular weight is 335 g/mol. The van der Waals surface area contributed by atoms with Gasteiger partial charge in [-0.1, -0.05) is 18.2 Å². The van der Waals surface area contributed by atoms with Crippen LogP contribution in [-0.4, -0.2) is 34.3 Å². The van der Waals surface area contributed by atoms with Gasteiger partial charge >= 0.3 is 0 Å². The van der Waals surface area contributed by atoms with E-state index in [4.69, 9.17) is 4.42 Å². The predicted molar refractivity (Wildman–Crippen MR) is 93.1 cm³/mol. The SMILES string of the molecule is O=C(Nc1ccc2ccccc2n1)[C@@H]1CCCN1C(=O)c1ccco1. The fourth-order valence-electron chi connectivity index (χ4n) is 3.17. The zero-order valence-electron chi connectivity index (χ0n) is 13.5. The highest BCUT2D eigenvalue weighted by Gasteiger charge is 2.35. The number of fused-ring (bicyclic) bond motifs is 1. The summed E-state index contributed by atoms with van der Waals surface area (Å²) in [5.41, 5.74) is 0.815. The molecule has 1 saturated heterocycles. The van der Waals surface area contributed by atoms with Gasteiger partial charge in [-0.05, 0) is 43.2 Å². The van der Waals surface area contributed by atoms with Gasteiger partial charge in [0.25, 0.3) is 5.91 Å². The van der Waals surface area contributed by atoms with Crippen LogP contribution in [0.4, 0.5) is 5.82 Å². The summed E-state index contributed by atoms with van der Waals surface area (Å²) >= 11 is 0. The second kappa shape index (κ2) is 6.39. The Labute approximate surface area is 144 Å². The van der Waals surface area contributed by atoms with Crippen LogP contribution in [0.15, 0.2) is 59.2 Å². The third kappa shape index (κ3) is 2.98. The van der Waals surface area contributed by atoms with Crippen LogP contribution in [-0.2, 0) is 4.79 Å². The third-order valence-electron chi connectivity index (χ3n) is 4.40. The second-order valence-corrected chi connectivity index (χ2v) is 6.01. The summed E-state index contributed by atoms with van der Waals surface area (Å²) in [6.07, 6.45) is 2.87. The van der Waals surface area contributed by atoms with Crippen LogP contribution < -0.4 is 5.32 Å². The van der Waals surface area contributed by atoms with Gasteiger partial charge in [0.15, 0.2) is 5.76 Å². The lowest BCUT2D eigenvalue weighted by atomic mass is 10.2. The summed E-state index contributed by atoms with van der Waals surface area (Å²) in [7, 11) is 0. The van der Waals surface area contributed by atoms with Crippen molar-refractivity contribution in [2.24, 2.45) is 0 Å². The Balaban J connectivity index is 1.52. The number of furan rings is 1. The molecule has 0 unspecified atom stereocenters. The maximum Gasteiger partial charge on any atom is 0.290 e. The lowest BCUT2D eigenvalue weighted by Gasteiger charge is -2.22. The molecule has 2 aromatic heterocycles. The van der Waals surface area contributed by atoms with E-state index in [1.807, 2.05) is 30.3 Å². The summed E-state index contributed by atoms with van der Waals surface area (Å²) in [4.78, 5) is 31.2. The highest BCUT2D eigenvalue weighted by atomic mass is 16.3. The molecule has 1 atom stereocenters. The molecule has 0 bridgehead atoms. The molecule has 1 aliphatic heterocycles. The van der Waals surface area contributed by atoms with Crippen molar-refractivity contribution in [3.63, 3.8) is 0 Å². The van der Waals surface area contributed by atoms with E-state index < -0.39 is 6.04 Å². The Morgan fingerprint density at radius 2 is 2.00 bits per heavy atom. The van der Waals surface area contributed by atoms with Crippen molar-refractivity contribution in [3.8, 4) is 0 Å². The molecule has 4 rings (SSSR count). The van der Waals surface area contributed by atoms with Crippen molar-refractivity contribution in [3.05, 3.63) is 60.6 Å². The molecular formula is C19H17N3O3. The summed E-state index contributed by atoms with van der Waals surface area (Å²) < 4.78 is 5.17. The van der Waals surface area contributed by atoms with Gasteiger partial charge in [-0.2, -0.15) is 0 Å². The van der Waals surface area contributed by atoms with E-state index in [0.29, 0.717) is 18.8 Å². The van der Waals surface area contributed by atoms with E-state index in [1.54, 1.807) is 23.1 Å². The molecule has 126 valence electrons. The lowest BCUT2D eigenvalue weighted by molar-refractivity contribution is -0.119. The maximum atomic E-state index is 12.7. The second-order valence-electron chi connectivity index (χ2n) is 6.01. The average Bonchev–Trinajstić information content (AvgIpc) is 3.33. The molecule has 3 heterocycles. The number of likely N-dealkylation sites (tertiary alicyclic amines) is 1. The molecule has 3 aromatic rings. The Morgan fingerprint density at radius 3 is 2.84 bits per heavy atom. The first-order valence-corrected chi connectivity index (χ1v) is 8.23. The van der Waals surface area contributed by atoms with Crippen molar-refractivity contribution in [1.82, 2.24) is 9.88 Å². The molecule has 1 aromatic carbocycles. The Morgan fingerprint density at radius 1 is 1.12 bits per heavy atom. The molecule has 0 aliphatic carbocycles. The van der Waals surface area contributed by atoms with Crippen molar-refractivity contribution >= 4 is 28.5 Å². The molecule has 2 amide bonds. The number of rotatable bonds is 3. The smallest absolute Gasteiger partial charge is 0.290 e. The topological polar surface area (TPSA) is 75.4 Å². The van der Waals surface area contributed by atoms with Crippen LogP contribution in [0, 0.1) is 0 Å². The summed E-state index contributed by atoms with van der Waals surface area (Å²) in [6.45, 7) is 0.544. The number of carbonyl (C=O) groups is 2. The van der Waals surface area contributed by atoms with Gasteiger partial charge in [0.05, 0.1) is 11.8 Å². The quantitative estimate of drug-likeness (QED) is 0.798. The third-order valence-corrected chi connectivity index (χ3v) is 4.40. The minimum absolute atomic E-state index is 0.222. The van der Waals surface area contributed by atoms with Crippen molar-refractivity contribution < 1.29 is 14.0 Å². The Hall–Kier alpha value is -3.15. The number of para-hydroxylation sites is 1. The van der Waals surface area contributed by atoms with Gasteiger partial charge in [0.2, 0.25) is 5.91 Å². The van der Waals surface area contributed by atoms with Gasteiger partial charge in [-0.25, -0.2) is 4.98 Å². The number of hydrogen-bond donors (Lipinski definition) is 1. The molecule has 1 fully saturated rings. The zero-order valence-corrected chi connectivity index (χ0v) is 13.5. The highest BCUT2D eigenvalue weighted by molar-refractivity contribution is 6.00. The van der Waals surface area contributed by atoms with Crippen LogP contribution in [0.3, 0.4) is 0 Å². The summed E-state index contributed by atoms with van der Waals surface area (Å²) in [5, 5.41) is 3.84. The van der Waals surface area contributed by atoms with Gasteiger partial charge < -0.3 is 14.6 Å². The van der Waals surface area contributed by atoms with E-state index >= 15 is 0 Å². The molecule has 6 nitrogen and oxygen atoms in total. The molecule has 0 saturated carbocycles. The van der Waals surface area contributed by atoms with E-state index in [9.17, 15) is 9.59 Å². The largest absolute Gasteiger partial charge is 0.459 e. The molecule has 25 heavy (non-hydrogen) atoms. The number of amides is 2. The zero-order chi connectivity index (χ0) is 17.2. The molecule has 0 spiro atoms. The lowest BCUT2D eigenvalue weighted by Crippen LogP contribution is -2.43. The minimum atomic E-state index is -0.508. The van der Waals surface area contributed by atoms with Gasteiger partial charge in [-0.3, -0.25) is 9.59 Å². The predicted octanol–water partition coefficient (Wildman–Crippen LogP) is 3.07.